The van der Waals surface area contributed by atoms with Crippen LogP contribution in [-0.2, 0) is 0 Å². The highest BCUT2D eigenvalue weighted by Crippen LogP contribution is 2.14. The highest BCUT2D eigenvalue weighted by Gasteiger charge is 2.24. The summed E-state index contributed by atoms with van der Waals surface area (Å²) in [6, 6.07) is 4.82. The van der Waals surface area contributed by atoms with Crippen molar-refractivity contribution in [2.75, 3.05) is 0 Å². The Balaban J connectivity index is 4.80. The van der Waals surface area contributed by atoms with Gasteiger partial charge in [0.15, 0.2) is 0 Å². The van der Waals surface area contributed by atoms with E-state index in [1.54, 1.807) is 25.1 Å². The van der Waals surface area contributed by atoms with Crippen LogP contribution < -0.4 is 0 Å². The van der Waals surface area contributed by atoms with Gasteiger partial charge in [-0.05, 0) is 13.0 Å². The molecule has 0 unspecified atom stereocenters. The molecule has 0 radical (unpaired) electrons. The maximum absolute atomic E-state index is 8.36. The van der Waals surface area contributed by atoms with Crippen molar-refractivity contribution in [2.45, 2.75) is 6.92 Å². The van der Waals surface area contributed by atoms with E-state index in [0.29, 0.717) is 0 Å². The fourth-order valence-corrected chi connectivity index (χ4v) is 0.437. The van der Waals surface area contributed by atoms with E-state index >= 15 is 0 Å². The van der Waals surface area contributed by atoms with Crippen molar-refractivity contribution in [3.63, 3.8) is 0 Å². The molecule has 0 aromatic heterocycles. The maximum Gasteiger partial charge on any atom is 0.246 e. The predicted molar refractivity (Wildman–Crippen MR) is 34.1 cm³/mol. The van der Waals surface area contributed by atoms with Crippen molar-refractivity contribution < 1.29 is 0 Å². The highest BCUT2D eigenvalue weighted by molar-refractivity contribution is 5.33. The Hall–Kier alpha value is -1.79. The minimum absolute atomic E-state index is 1.27. The number of hydrogen-bond acceptors (Lipinski definition) is 3. The molecule has 0 atom stereocenters. The molecule has 0 aliphatic heterocycles. The monoisotopic (exact) mass is 131 g/mol. The molecule has 0 aliphatic rings. The van der Waals surface area contributed by atoms with Gasteiger partial charge in [-0.2, -0.15) is 15.8 Å². The van der Waals surface area contributed by atoms with Crippen LogP contribution in [0.1, 0.15) is 6.92 Å². The minimum atomic E-state index is -1.59. The van der Waals surface area contributed by atoms with Crippen molar-refractivity contribution in [2.24, 2.45) is 5.41 Å². The molecule has 0 bridgehead atoms. The molecule has 0 aromatic rings. The minimum Gasteiger partial charge on any atom is -0.195 e. The van der Waals surface area contributed by atoms with Crippen molar-refractivity contribution >= 4 is 0 Å². The van der Waals surface area contributed by atoms with Gasteiger partial charge in [0.05, 0.1) is 0 Å². The lowest BCUT2D eigenvalue weighted by Crippen LogP contribution is -2.07. The summed E-state index contributed by atoms with van der Waals surface area (Å²) in [5, 5.41) is 25.1. The van der Waals surface area contributed by atoms with E-state index in [4.69, 9.17) is 15.8 Å². The summed E-state index contributed by atoms with van der Waals surface area (Å²) in [6.07, 6.45) is 2.78. The lowest BCUT2D eigenvalue weighted by molar-refractivity contribution is 0.873. The molecule has 10 heavy (non-hydrogen) atoms. The van der Waals surface area contributed by atoms with Gasteiger partial charge in [0.25, 0.3) is 0 Å². The van der Waals surface area contributed by atoms with Crippen LogP contribution in [0, 0.1) is 39.4 Å². The first-order valence-corrected chi connectivity index (χ1v) is 2.62. The van der Waals surface area contributed by atoms with Crippen LogP contribution in [-0.4, -0.2) is 0 Å². The van der Waals surface area contributed by atoms with Crippen LogP contribution in [0.4, 0.5) is 0 Å². The second kappa shape index (κ2) is 3.28. The molecular formula is C7H5N3. The topological polar surface area (TPSA) is 71.4 Å². The molecule has 0 aliphatic carbocycles. The highest BCUT2D eigenvalue weighted by atomic mass is 14.4. The Morgan fingerprint density at radius 3 is 1.60 bits per heavy atom. The zero-order chi connectivity index (χ0) is 8.04. The normalized spacial score (nSPS) is 9.80. The van der Waals surface area contributed by atoms with Gasteiger partial charge in [-0.25, -0.2) is 0 Å². The quantitative estimate of drug-likeness (QED) is 0.500. The van der Waals surface area contributed by atoms with E-state index in [2.05, 4.69) is 0 Å². The smallest absolute Gasteiger partial charge is 0.195 e. The van der Waals surface area contributed by atoms with E-state index in [1.807, 2.05) is 0 Å². The Kier molecular flexibility index (Phi) is 2.69. The van der Waals surface area contributed by atoms with Gasteiger partial charge in [0.2, 0.25) is 5.41 Å². The molecule has 0 heterocycles. The molecule has 0 spiro atoms. The molecule has 0 fully saturated rings. The predicted octanol–water partition coefficient (Wildman–Crippen LogP) is 1.12. The third kappa shape index (κ3) is 1.34. The van der Waals surface area contributed by atoms with Crippen molar-refractivity contribution in [3.8, 4) is 18.2 Å². The van der Waals surface area contributed by atoms with Crippen LogP contribution in [0.5, 0.6) is 0 Å². The largest absolute Gasteiger partial charge is 0.246 e. The zero-order valence-electron chi connectivity index (χ0n) is 5.50. The Morgan fingerprint density at radius 1 is 1.10 bits per heavy atom. The summed E-state index contributed by atoms with van der Waals surface area (Å²) in [7, 11) is 0. The van der Waals surface area contributed by atoms with Crippen LogP contribution in [0.25, 0.3) is 0 Å². The van der Waals surface area contributed by atoms with Gasteiger partial charge < -0.3 is 0 Å². The van der Waals surface area contributed by atoms with Crippen molar-refractivity contribution in [1.82, 2.24) is 0 Å². The first-order valence-electron chi connectivity index (χ1n) is 2.62. The molecule has 0 aromatic carbocycles. The maximum atomic E-state index is 8.36. The molecule has 0 rings (SSSR count). The van der Waals surface area contributed by atoms with Gasteiger partial charge in [-0.15, -0.1) is 0 Å². The van der Waals surface area contributed by atoms with E-state index in [1.165, 1.54) is 12.2 Å². The number of hydrogen-bond donors (Lipinski definition) is 0. The number of nitriles is 3. The molecule has 0 N–H and O–H groups in total. The SMILES string of the molecule is CC=CC(C#N)(C#N)C#N. The third-order valence-electron chi connectivity index (χ3n) is 0.946. The Morgan fingerprint density at radius 2 is 1.50 bits per heavy atom. The second-order valence-electron chi connectivity index (χ2n) is 1.64. The van der Waals surface area contributed by atoms with E-state index in [9.17, 15) is 0 Å². The van der Waals surface area contributed by atoms with Crippen LogP contribution in [0.3, 0.4) is 0 Å². The summed E-state index contributed by atoms with van der Waals surface area (Å²) < 4.78 is 0. The third-order valence-corrected chi connectivity index (χ3v) is 0.946. The van der Waals surface area contributed by atoms with Gasteiger partial charge >= 0.3 is 0 Å². The number of nitrogens with zero attached hydrogens (tertiary/aromatic N) is 3. The molecule has 0 saturated carbocycles. The van der Waals surface area contributed by atoms with Gasteiger partial charge in [-0.1, -0.05) is 6.08 Å². The molecule has 3 nitrogen and oxygen atoms in total. The summed E-state index contributed by atoms with van der Waals surface area (Å²) in [4.78, 5) is 0. The Labute approximate surface area is 59.4 Å². The van der Waals surface area contributed by atoms with Crippen molar-refractivity contribution in [3.05, 3.63) is 12.2 Å². The summed E-state index contributed by atoms with van der Waals surface area (Å²) in [5.74, 6) is 0. The first-order chi connectivity index (χ1) is 4.74. The van der Waals surface area contributed by atoms with E-state index in [-0.39, 0.29) is 0 Å². The van der Waals surface area contributed by atoms with E-state index < -0.39 is 5.41 Å². The zero-order valence-corrected chi connectivity index (χ0v) is 5.50. The average Bonchev–Trinajstić information content (AvgIpc) is 2.01. The van der Waals surface area contributed by atoms with Crippen molar-refractivity contribution in [1.29, 1.82) is 15.8 Å². The second-order valence-corrected chi connectivity index (χ2v) is 1.64. The fourth-order valence-electron chi connectivity index (χ4n) is 0.437. The molecule has 3 heteroatoms. The van der Waals surface area contributed by atoms with E-state index in [0.717, 1.165) is 0 Å². The molecule has 0 saturated heterocycles. The molecule has 48 valence electrons. The lowest BCUT2D eigenvalue weighted by Gasteiger charge is -1.97. The summed E-state index contributed by atoms with van der Waals surface area (Å²) >= 11 is 0. The Bertz CT molecular complexity index is 220. The van der Waals surface area contributed by atoms with Gasteiger partial charge in [0, 0.05) is 0 Å². The lowest BCUT2D eigenvalue weighted by atomic mass is 9.94. The molecule has 0 amide bonds. The summed E-state index contributed by atoms with van der Waals surface area (Å²) in [5.41, 5.74) is -1.59. The fraction of sp³-hybridized carbons (Fsp3) is 0.286. The molecular weight excluding hydrogens is 126 g/mol. The first kappa shape index (κ1) is 8.21. The van der Waals surface area contributed by atoms with Crippen LogP contribution in [0.15, 0.2) is 12.2 Å². The summed E-state index contributed by atoms with van der Waals surface area (Å²) in [6.45, 7) is 1.65. The number of allylic oxidation sites excluding steroid dienone is 2. The van der Waals surface area contributed by atoms with Crippen LogP contribution in [0.2, 0.25) is 0 Å². The van der Waals surface area contributed by atoms with Crippen LogP contribution >= 0.6 is 0 Å². The standard InChI is InChI=1S/C7H5N3/c1-2-3-7(4-8,5-9)6-10/h2-3H,1H3. The van der Waals surface area contributed by atoms with Gasteiger partial charge in [-0.3, -0.25) is 0 Å². The van der Waals surface area contributed by atoms with Gasteiger partial charge in [0.1, 0.15) is 18.2 Å². The number of rotatable bonds is 1. The average molecular weight is 131 g/mol.